The molecule has 8 nitrogen and oxygen atoms in total. The number of hydrogen-bond acceptors (Lipinski definition) is 7. The van der Waals surface area contributed by atoms with Crippen molar-refractivity contribution in [2.24, 2.45) is 0 Å². The van der Waals surface area contributed by atoms with Crippen LogP contribution in [0.5, 0.6) is 0 Å². The summed E-state index contributed by atoms with van der Waals surface area (Å²) in [4.78, 5) is 39.0. The normalized spacial score (nSPS) is 18.8. The van der Waals surface area contributed by atoms with E-state index < -0.39 is 11.9 Å². The van der Waals surface area contributed by atoms with Gasteiger partial charge in [0.1, 0.15) is 12.4 Å². The van der Waals surface area contributed by atoms with Crippen molar-refractivity contribution in [1.82, 2.24) is 0 Å². The van der Waals surface area contributed by atoms with Gasteiger partial charge in [-0.3, -0.25) is 4.79 Å². The van der Waals surface area contributed by atoms with Gasteiger partial charge in [0, 0.05) is 12.6 Å². The Labute approximate surface area is 188 Å². The van der Waals surface area contributed by atoms with Crippen molar-refractivity contribution in [2.75, 3.05) is 37.8 Å². The molecule has 32 heavy (non-hydrogen) atoms. The maximum atomic E-state index is 12.9. The van der Waals surface area contributed by atoms with Crippen LogP contribution in [-0.2, 0) is 39.4 Å². The summed E-state index contributed by atoms with van der Waals surface area (Å²) in [5.41, 5.74) is 4.13. The molecular weight excluding hydrogens is 412 g/mol. The van der Waals surface area contributed by atoms with Gasteiger partial charge in [-0.25, -0.2) is 9.59 Å². The Morgan fingerprint density at radius 1 is 1.06 bits per heavy atom. The van der Waals surface area contributed by atoms with Crippen molar-refractivity contribution in [3.05, 3.63) is 34.0 Å². The zero-order chi connectivity index (χ0) is 24.0. The van der Waals surface area contributed by atoms with Crippen LogP contribution in [0.25, 0.3) is 0 Å². The summed E-state index contributed by atoms with van der Waals surface area (Å²) in [5, 5.41) is 2.92. The van der Waals surface area contributed by atoms with Gasteiger partial charge >= 0.3 is 11.9 Å². The number of nitrogens with one attached hydrogen (secondary N) is 1. The number of anilines is 2. The van der Waals surface area contributed by atoms with E-state index in [9.17, 15) is 14.4 Å². The predicted molar refractivity (Wildman–Crippen MR) is 121 cm³/mol. The molecule has 1 amide bonds. The first-order valence-electron chi connectivity index (χ1n) is 10.6. The molecule has 174 valence electrons. The molecule has 1 aliphatic heterocycles. The lowest BCUT2D eigenvalue weighted by atomic mass is 9.81. The number of benzene rings is 1. The molecule has 1 aromatic rings. The minimum Gasteiger partial charge on any atom is -0.466 e. The van der Waals surface area contributed by atoms with E-state index in [1.54, 1.807) is 4.90 Å². The number of carbonyl (C=O) groups is 3. The molecule has 3 rings (SSSR count). The molecule has 8 heteroatoms. The second kappa shape index (κ2) is 8.24. The number of methoxy groups -OCH3 is 2. The van der Waals surface area contributed by atoms with E-state index in [4.69, 9.17) is 14.2 Å². The lowest BCUT2D eigenvalue weighted by Gasteiger charge is -2.36. The number of esters is 2. The molecule has 0 spiro atoms. The Morgan fingerprint density at radius 2 is 1.69 bits per heavy atom. The number of fused-ring (bicyclic) bond motifs is 1. The van der Waals surface area contributed by atoms with E-state index in [1.807, 2.05) is 13.0 Å². The van der Waals surface area contributed by atoms with Crippen molar-refractivity contribution >= 4 is 29.2 Å². The molecule has 0 radical (unpaired) electrons. The summed E-state index contributed by atoms with van der Waals surface area (Å²) in [6.45, 7) is 12.0. The van der Waals surface area contributed by atoms with Crippen molar-refractivity contribution < 1.29 is 28.6 Å². The molecule has 0 saturated heterocycles. The van der Waals surface area contributed by atoms with Gasteiger partial charge in [0.25, 0.3) is 0 Å². The van der Waals surface area contributed by atoms with Gasteiger partial charge in [-0.05, 0) is 46.9 Å². The molecular formula is C24H32N2O6. The maximum absolute atomic E-state index is 12.9. The zero-order valence-corrected chi connectivity index (χ0v) is 20.1. The summed E-state index contributed by atoms with van der Waals surface area (Å²) >= 11 is 0. The van der Waals surface area contributed by atoms with Crippen LogP contribution in [0.15, 0.2) is 17.3 Å². The Hall–Kier alpha value is -2.87. The molecule has 2 aliphatic rings. The standard InChI is InChI=1S/C24H32N2O6/c1-13-17(25-14(2)27)9-16-18(24(5,6)11-23(16,3)4)19(13)26-12-32-10-15(21(28)30-7)20(26)22(29)31-8/h9H,10-12H2,1-8H3,(H,25,27). The highest BCUT2D eigenvalue weighted by atomic mass is 16.5. The molecule has 0 bridgehead atoms. The molecule has 0 aromatic heterocycles. The van der Waals surface area contributed by atoms with Crippen LogP contribution in [0.4, 0.5) is 11.4 Å². The van der Waals surface area contributed by atoms with E-state index in [1.165, 1.54) is 21.1 Å². The number of carbonyl (C=O) groups excluding carboxylic acids is 3. The molecule has 0 atom stereocenters. The van der Waals surface area contributed by atoms with Gasteiger partial charge in [0.05, 0.1) is 32.1 Å². The Morgan fingerprint density at radius 3 is 2.25 bits per heavy atom. The third kappa shape index (κ3) is 3.88. The predicted octanol–water partition coefficient (Wildman–Crippen LogP) is 3.31. The van der Waals surface area contributed by atoms with Crippen LogP contribution in [-0.4, -0.2) is 45.4 Å². The lowest BCUT2D eigenvalue weighted by Crippen LogP contribution is -2.40. The second-order valence-corrected chi connectivity index (χ2v) is 9.66. The number of rotatable bonds is 4. The topological polar surface area (TPSA) is 94.2 Å². The summed E-state index contributed by atoms with van der Waals surface area (Å²) in [5.74, 6) is -1.49. The Kier molecular flexibility index (Phi) is 6.12. The first kappa shape index (κ1) is 23.8. The Balaban J connectivity index is 2.40. The number of amides is 1. The van der Waals surface area contributed by atoms with E-state index in [-0.39, 0.29) is 41.3 Å². The average molecular weight is 445 g/mol. The third-order valence-electron chi connectivity index (χ3n) is 6.26. The van der Waals surface area contributed by atoms with Crippen molar-refractivity contribution in [3.63, 3.8) is 0 Å². The van der Waals surface area contributed by atoms with E-state index >= 15 is 0 Å². The number of nitrogens with zero attached hydrogens (tertiary/aromatic N) is 1. The van der Waals surface area contributed by atoms with Crippen LogP contribution in [0.3, 0.4) is 0 Å². The van der Waals surface area contributed by atoms with Gasteiger partial charge in [0.2, 0.25) is 5.91 Å². The fourth-order valence-corrected chi connectivity index (χ4v) is 5.25. The van der Waals surface area contributed by atoms with Crippen LogP contribution in [0.1, 0.15) is 57.7 Å². The van der Waals surface area contributed by atoms with Gasteiger partial charge in [-0.15, -0.1) is 0 Å². The van der Waals surface area contributed by atoms with Crippen LogP contribution < -0.4 is 10.2 Å². The van der Waals surface area contributed by atoms with E-state index in [2.05, 4.69) is 33.0 Å². The molecule has 0 fully saturated rings. The third-order valence-corrected chi connectivity index (χ3v) is 6.26. The Bertz CT molecular complexity index is 1020. The van der Waals surface area contributed by atoms with Crippen molar-refractivity contribution in [3.8, 4) is 0 Å². The summed E-state index contributed by atoms with van der Waals surface area (Å²) < 4.78 is 15.7. The van der Waals surface area contributed by atoms with Gasteiger partial charge < -0.3 is 24.4 Å². The molecule has 1 heterocycles. The van der Waals surface area contributed by atoms with Crippen molar-refractivity contribution in [2.45, 2.75) is 58.8 Å². The smallest absolute Gasteiger partial charge is 0.355 e. The van der Waals surface area contributed by atoms with Gasteiger partial charge in [-0.1, -0.05) is 27.7 Å². The summed E-state index contributed by atoms with van der Waals surface area (Å²) in [7, 11) is 2.53. The molecule has 1 aliphatic carbocycles. The van der Waals surface area contributed by atoms with Crippen molar-refractivity contribution in [1.29, 1.82) is 0 Å². The van der Waals surface area contributed by atoms with Gasteiger partial charge in [-0.2, -0.15) is 0 Å². The molecule has 1 aromatic carbocycles. The van der Waals surface area contributed by atoms with Crippen LogP contribution in [0.2, 0.25) is 0 Å². The highest BCUT2D eigenvalue weighted by Crippen LogP contribution is 2.55. The lowest BCUT2D eigenvalue weighted by molar-refractivity contribution is -0.140. The minimum absolute atomic E-state index is 0.0538. The first-order valence-corrected chi connectivity index (χ1v) is 10.6. The monoisotopic (exact) mass is 444 g/mol. The summed E-state index contributed by atoms with van der Waals surface area (Å²) in [6.07, 6.45) is 0.876. The highest BCUT2D eigenvalue weighted by molar-refractivity contribution is 6.04. The molecule has 1 N–H and O–H groups in total. The van der Waals surface area contributed by atoms with Crippen LogP contribution >= 0.6 is 0 Å². The summed E-state index contributed by atoms with van der Waals surface area (Å²) in [6, 6.07) is 2.03. The minimum atomic E-state index is -0.651. The largest absolute Gasteiger partial charge is 0.466 e. The fourth-order valence-electron chi connectivity index (χ4n) is 5.25. The number of ether oxygens (including phenoxy) is 3. The van der Waals surface area contributed by atoms with Crippen LogP contribution in [0, 0.1) is 6.92 Å². The zero-order valence-electron chi connectivity index (χ0n) is 20.1. The number of hydrogen-bond donors (Lipinski definition) is 1. The molecule has 0 unspecified atom stereocenters. The fraction of sp³-hybridized carbons (Fsp3) is 0.542. The molecule has 0 saturated carbocycles. The second-order valence-electron chi connectivity index (χ2n) is 9.66. The first-order chi connectivity index (χ1) is 14.9. The SMILES string of the molecule is COC(=O)C1=C(C(=O)OC)N(c2c(C)c(NC(C)=O)cc3c2C(C)(C)CC3(C)C)COC1. The highest BCUT2D eigenvalue weighted by Gasteiger charge is 2.46. The van der Waals surface area contributed by atoms with E-state index in [0.717, 1.165) is 28.8 Å². The quantitative estimate of drug-likeness (QED) is 0.712. The van der Waals surface area contributed by atoms with E-state index in [0.29, 0.717) is 5.69 Å². The average Bonchev–Trinajstić information content (AvgIpc) is 2.90. The maximum Gasteiger partial charge on any atom is 0.355 e. The van der Waals surface area contributed by atoms with Gasteiger partial charge in [0.15, 0.2) is 0 Å².